The minimum Gasteiger partial charge on any atom is -0.338 e. The third kappa shape index (κ3) is 5.92. The molecule has 40 heavy (non-hydrogen) atoms. The number of pyridine rings is 1. The lowest BCUT2D eigenvalue weighted by atomic mass is 9.88. The Kier molecular flexibility index (Phi) is 8.01. The van der Waals surface area contributed by atoms with Crippen molar-refractivity contribution >= 4 is 17.5 Å². The van der Waals surface area contributed by atoms with Crippen LogP contribution in [0.1, 0.15) is 50.1 Å². The Morgan fingerprint density at radius 2 is 1.98 bits per heavy atom. The highest BCUT2D eigenvalue weighted by Gasteiger charge is 2.40. The third-order valence-electron chi connectivity index (χ3n) is 8.96. The van der Waals surface area contributed by atoms with Crippen LogP contribution in [-0.4, -0.2) is 102 Å². The van der Waals surface area contributed by atoms with Gasteiger partial charge in [-0.15, -0.1) is 0 Å². The quantitative estimate of drug-likeness (QED) is 0.596. The van der Waals surface area contributed by atoms with Gasteiger partial charge in [-0.05, 0) is 57.1 Å². The van der Waals surface area contributed by atoms with Crippen molar-refractivity contribution in [3.05, 3.63) is 58.7 Å². The molecule has 2 fully saturated rings. The number of halogens is 1. The van der Waals surface area contributed by atoms with E-state index in [0.29, 0.717) is 45.2 Å². The number of benzene rings is 1. The van der Waals surface area contributed by atoms with Gasteiger partial charge in [0, 0.05) is 80.1 Å². The van der Waals surface area contributed by atoms with Gasteiger partial charge in [-0.2, -0.15) is 0 Å². The molecule has 2 saturated heterocycles. The molecule has 3 aliphatic heterocycles. The summed E-state index contributed by atoms with van der Waals surface area (Å²) >= 11 is 0. The Labute approximate surface area is 237 Å². The van der Waals surface area contributed by atoms with Crippen LogP contribution in [0.15, 0.2) is 30.5 Å². The molecule has 1 aromatic heterocycles. The average molecular weight is 551 g/mol. The first-order valence-corrected chi connectivity index (χ1v) is 14.4. The number of carbonyl (C=O) groups excluding carboxylic acids is 2. The fourth-order valence-corrected chi connectivity index (χ4v) is 6.29. The molecule has 1 N–H and O–H groups in total. The zero-order valence-corrected chi connectivity index (χ0v) is 24.7. The lowest BCUT2D eigenvalue weighted by Crippen LogP contribution is -2.63. The molecule has 0 radical (unpaired) electrons. The highest BCUT2D eigenvalue weighted by Crippen LogP contribution is 2.40. The van der Waals surface area contributed by atoms with Gasteiger partial charge in [-0.3, -0.25) is 24.4 Å². The van der Waals surface area contributed by atoms with E-state index in [-0.39, 0.29) is 35.1 Å². The number of carbonyl (C=O) groups is 2. The van der Waals surface area contributed by atoms with Crippen molar-refractivity contribution in [1.29, 1.82) is 0 Å². The van der Waals surface area contributed by atoms with Crippen LogP contribution >= 0.6 is 0 Å². The number of hydrogen-bond acceptors (Lipinski definition) is 6. The van der Waals surface area contributed by atoms with Crippen molar-refractivity contribution in [1.82, 2.24) is 25.0 Å². The number of hydrogen-bond donors (Lipinski definition) is 1. The van der Waals surface area contributed by atoms with E-state index in [1.165, 1.54) is 6.07 Å². The van der Waals surface area contributed by atoms with E-state index in [2.05, 4.69) is 42.8 Å². The molecule has 0 aliphatic carbocycles. The molecule has 5 rings (SSSR count). The van der Waals surface area contributed by atoms with Gasteiger partial charge in [0.1, 0.15) is 5.82 Å². The van der Waals surface area contributed by atoms with Crippen molar-refractivity contribution in [3.63, 3.8) is 0 Å². The standard InChI is InChI=1S/C31H43FN6O2/c1-20-9-24(32)8-7-23(20)10-25-11-28-27(13-34-25)31(4,5)19-38(28)30(40)18-36-14-21(2)33-12-26(36)16-37-15-22(3)35(6)17-29(37)39/h7-9,11,13,21-22,26,33H,10,12,14-19H2,1-6H3/t21-,22+,26-/m1/s1. The summed E-state index contributed by atoms with van der Waals surface area (Å²) in [7, 11) is 1.99. The SMILES string of the molecule is Cc1cc(F)ccc1Cc1cc2c(cn1)C(C)(C)CN2C(=O)CN1C[C@@H](C)NC[C@@H]1CN1C[C@H](C)N(C)CC1=O. The van der Waals surface area contributed by atoms with Crippen molar-refractivity contribution in [2.45, 2.75) is 64.6 Å². The second-order valence-electron chi connectivity index (χ2n) is 12.8. The first-order valence-electron chi connectivity index (χ1n) is 14.4. The molecule has 216 valence electrons. The minimum absolute atomic E-state index is 0.0686. The summed E-state index contributed by atoms with van der Waals surface area (Å²) in [6.45, 7) is 14.7. The molecule has 2 amide bonds. The summed E-state index contributed by atoms with van der Waals surface area (Å²) in [5, 5.41) is 3.55. The fraction of sp³-hybridized carbons (Fsp3) is 0.581. The number of fused-ring (bicyclic) bond motifs is 1. The summed E-state index contributed by atoms with van der Waals surface area (Å²) in [6, 6.07) is 7.52. The molecule has 4 heterocycles. The first kappa shape index (κ1) is 28.6. The number of anilines is 1. The Hall–Kier alpha value is -2.88. The Bertz CT molecular complexity index is 1280. The maximum absolute atomic E-state index is 13.9. The number of likely N-dealkylation sites (N-methyl/N-ethyl adjacent to an activating group) is 1. The zero-order valence-electron chi connectivity index (χ0n) is 24.7. The second-order valence-corrected chi connectivity index (χ2v) is 12.8. The highest BCUT2D eigenvalue weighted by molar-refractivity contribution is 5.97. The third-order valence-corrected chi connectivity index (χ3v) is 8.96. The molecular weight excluding hydrogens is 507 g/mol. The largest absolute Gasteiger partial charge is 0.338 e. The number of nitrogens with zero attached hydrogens (tertiary/aromatic N) is 5. The monoisotopic (exact) mass is 550 g/mol. The van der Waals surface area contributed by atoms with Gasteiger partial charge < -0.3 is 15.1 Å². The van der Waals surface area contributed by atoms with E-state index in [1.807, 2.05) is 42.1 Å². The zero-order chi connectivity index (χ0) is 28.8. The van der Waals surface area contributed by atoms with E-state index in [9.17, 15) is 14.0 Å². The Morgan fingerprint density at radius 3 is 2.73 bits per heavy atom. The minimum atomic E-state index is -0.242. The van der Waals surface area contributed by atoms with E-state index in [0.717, 1.165) is 41.2 Å². The van der Waals surface area contributed by atoms with Gasteiger partial charge >= 0.3 is 0 Å². The number of nitrogens with one attached hydrogen (secondary N) is 1. The molecular formula is C31H43FN6O2. The van der Waals surface area contributed by atoms with Gasteiger partial charge in [-0.25, -0.2) is 4.39 Å². The van der Waals surface area contributed by atoms with Gasteiger partial charge in [0.25, 0.3) is 0 Å². The molecule has 2 aromatic rings. The van der Waals surface area contributed by atoms with E-state index < -0.39 is 0 Å². The highest BCUT2D eigenvalue weighted by atomic mass is 19.1. The fourth-order valence-electron chi connectivity index (χ4n) is 6.29. The first-order chi connectivity index (χ1) is 18.9. The number of aryl methyl sites for hydroxylation is 1. The molecule has 3 atom stereocenters. The van der Waals surface area contributed by atoms with Crippen LogP contribution in [0.3, 0.4) is 0 Å². The predicted octanol–water partition coefficient (Wildman–Crippen LogP) is 2.57. The van der Waals surface area contributed by atoms with Gasteiger partial charge in [0.2, 0.25) is 11.8 Å². The Morgan fingerprint density at radius 1 is 1.20 bits per heavy atom. The predicted molar refractivity (Wildman–Crippen MR) is 155 cm³/mol. The van der Waals surface area contributed by atoms with Crippen LogP contribution in [0, 0.1) is 12.7 Å². The van der Waals surface area contributed by atoms with Crippen molar-refractivity contribution < 1.29 is 14.0 Å². The van der Waals surface area contributed by atoms with E-state index in [1.54, 1.807) is 6.07 Å². The van der Waals surface area contributed by atoms with Crippen LogP contribution in [0.2, 0.25) is 0 Å². The topological polar surface area (TPSA) is 72.0 Å². The molecule has 0 bridgehead atoms. The molecule has 8 nitrogen and oxygen atoms in total. The summed E-state index contributed by atoms with van der Waals surface area (Å²) in [5.41, 5.74) is 4.56. The van der Waals surface area contributed by atoms with Crippen LogP contribution in [0.5, 0.6) is 0 Å². The van der Waals surface area contributed by atoms with Crippen molar-refractivity contribution in [2.24, 2.45) is 0 Å². The molecule has 9 heteroatoms. The summed E-state index contributed by atoms with van der Waals surface area (Å²) in [4.78, 5) is 39.7. The van der Waals surface area contributed by atoms with Crippen LogP contribution in [0.4, 0.5) is 10.1 Å². The maximum atomic E-state index is 13.9. The number of piperazine rings is 2. The van der Waals surface area contributed by atoms with Crippen LogP contribution < -0.4 is 10.2 Å². The Balaban J connectivity index is 1.33. The van der Waals surface area contributed by atoms with Gasteiger partial charge in [0.05, 0.1) is 18.8 Å². The lowest BCUT2D eigenvalue weighted by Gasteiger charge is -2.44. The summed E-state index contributed by atoms with van der Waals surface area (Å²) in [6.07, 6.45) is 2.49. The smallest absolute Gasteiger partial charge is 0.241 e. The van der Waals surface area contributed by atoms with Gasteiger partial charge in [0.15, 0.2) is 0 Å². The molecule has 0 saturated carbocycles. The van der Waals surface area contributed by atoms with E-state index >= 15 is 0 Å². The number of rotatable bonds is 6. The molecule has 0 spiro atoms. The average Bonchev–Trinajstić information content (AvgIpc) is 3.16. The normalized spacial score (nSPS) is 25.4. The van der Waals surface area contributed by atoms with Crippen molar-refractivity contribution in [2.75, 3.05) is 57.8 Å². The van der Waals surface area contributed by atoms with Crippen LogP contribution in [-0.2, 0) is 21.4 Å². The van der Waals surface area contributed by atoms with E-state index in [4.69, 9.17) is 4.98 Å². The van der Waals surface area contributed by atoms with Crippen LogP contribution in [0.25, 0.3) is 0 Å². The summed E-state index contributed by atoms with van der Waals surface area (Å²) in [5.74, 6) is -0.0232. The second kappa shape index (κ2) is 11.2. The molecule has 0 unspecified atom stereocenters. The molecule has 1 aromatic carbocycles. The summed E-state index contributed by atoms with van der Waals surface area (Å²) < 4.78 is 13.6. The van der Waals surface area contributed by atoms with Gasteiger partial charge in [-0.1, -0.05) is 19.9 Å². The molecule has 3 aliphatic rings. The maximum Gasteiger partial charge on any atom is 0.241 e. The lowest BCUT2D eigenvalue weighted by molar-refractivity contribution is -0.138. The number of aromatic nitrogens is 1. The number of amides is 2. The van der Waals surface area contributed by atoms with Crippen molar-refractivity contribution in [3.8, 4) is 0 Å².